The number of carbonyl (C=O) groups is 4. The molecule has 172 valence electrons. The first-order valence-electron chi connectivity index (χ1n) is 9.72. The van der Waals surface area contributed by atoms with E-state index in [9.17, 15) is 29.3 Å². The third-order valence-corrected chi connectivity index (χ3v) is 5.09. The largest absolute Gasteiger partial charge is 0.455 e. The van der Waals surface area contributed by atoms with Gasteiger partial charge in [0.05, 0.1) is 17.4 Å². The van der Waals surface area contributed by atoms with Crippen LogP contribution in [0.25, 0.3) is 0 Å². The topological polar surface area (TPSA) is 148 Å². The number of ether oxygens (including phenoxy) is 1. The van der Waals surface area contributed by atoms with Gasteiger partial charge in [-0.1, -0.05) is 17.7 Å². The van der Waals surface area contributed by atoms with Gasteiger partial charge in [-0.2, -0.15) is 0 Å². The Bertz CT molecular complexity index is 1120. The number of nitrogens with one attached hydrogen (secondary N) is 2. The SMILES string of the molecule is Cc1ccc(Cl)cc1NC(=O)COC(=O)[C@H]1CC(=O)N(NC(=O)c2ccc([N+](=O)[O-])cc2)C1. The van der Waals surface area contributed by atoms with Crippen molar-refractivity contribution < 1.29 is 28.8 Å². The Kier molecular flexibility index (Phi) is 7.23. The van der Waals surface area contributed by atoms with Crippen molar-refractivity contribution in [3.05, 3.63) is 68.7 Å². The Morgan fingerprint density at radius 1 is 1.21 bits per heavy atom. The van der Waals surface area contributed by atoms with Gasteiger partial charge in [0.2, 0.25) is 5.91 Å². The molecule has 3 rings (SSSR count). The summed E-state index contributed by atoms with van der Waals surface area (Å²) in [6.07, 6.45) is -0.200. The Morgan fingerprint density at radius 2 is 1.91 bits per heavy atom. The van der Waals surface area contributed by atoms with Gasteiger partial charge in [-0.3, -0.25) is 39.7 Å². The number of aryl methyl sites for hydroxylation is 1. The average molecular weight is 475 g/mol. The van der Waals surface area contributed by atoms with Crippen LogP contribution in [0.15, 0.2) is 42.5 Å². The van der Waals surface area contributed by atoms with Crippen LogP contribution in [0.1, 0.15) is 22.3 Å². The quantitative estimate of drug-likeness (QED) is 0.355. The van der Waals surface area contributed by atoms with Crippen molar-refractivity contribution in [1.29, 1.82) is 0 Å². The second kappa shape index (κ2) is 10.1. The van der Waals surface area contributed by atoms with Crippen LogP contribution in [0.4, 0.5) is 11.4 Å². The fraction of sp³-hybridized carbons (Fsp3) is 0.238. The van der Waals surface area contributed by atoms with E-state index >= 15 is 0 Å². The summed E-state index contributed by atoms with van der Waals surface area (Å²) in [7, 11) is 0. The molecule has 2 aromatic rings. The molecule has 1 aliphatic rings. The molecular weight excluding hydrogens is 456 g/mol. The minimum Gasteiger partial charge on any atom is -0.455 e. The van der Waals surface area contributed by atoms with Crippen LogP contribution < -0.4 is 10.7 Å². The molecule has 1 atom stereocenters. The fourth-order valence-corrected chi connectivity index (χ4v) is 3.24. The highest BCUT2D eigenvalue weighted by Crippen LogP contribution is 2.21. The number of non-ortho nitro benzene ring substituents is 1. The van der Waals surface area contributed by atoms with Gasteiger partial charge in [-0.25, -0.2) is 0 Å². The van der Waals surface area contributed by atoms with Crippen molar-refractivity contribution in [2.45, 2.75) is 13.3 Å². The predicted molar refractivity (Wildman–Crippen MR) is 116 cm³/mol. The molecule has 1 saturated heterocycles. The molecular formula is C21H19ClN4O7. The summed E-state index contributed by atoms with van der Waals surface area (Å²) >= 11 is 5.91. The average Bonchev–Trinajstić information content (AvgIpc) is 3.14. The van der Waals surface area contributed by atoms with E-state index < -0.39 is 41.1 Å². The smallest absolute Gasteiger partial charge is 0.311 e. The van der Waals surface area contributed by atoms with Crippen LogP contribution in [0, 0.1) is 23.0 Å². The monoisotopic (exact) mass is 474 g/mol. The maximum Gasteiger partial charge on any atom is 0.311 e. The van der Waals surface area contributed by atoms with Crippen LogP contribution in [0.3, 0.4) is 0 Å². The van der Waals surface area contributed by atoms with Crippen molar-refractivity contribution in [2.24, 2.45) is 5.92 Å². The minimum atomic E-state index is -0.865. The van der Waals surface area contributed by atoms with Gasteiger partial charge in [-0.05, 0) is 36.8 Å². The van der Waals surface area contributed by atoms with E-state index in [1.165, 1.54) is 12.1 Å². The molecule has 0 saturated carbocycles. The molecule has 0 spiro atoms. The molecule has 33 heavy (non-hydrogen) atoms. The van der Waals surface area contributed by atoms with E-state index in [-0.39, 0.29) is 24.2 Å². The van der Waals surface area contributed by atoms with E-state index in [2.05, 4.69) is 10.7 Å². The Morgan fingerprint density at radius 3 is 2.58 bits per heavy atom. The van der Waals surface area contributed by atoms with Gasteiger partial charge in [0.15, 0.2) is 6.61 Å². The number of esters is 1. The summed E-state index contributed by atoms with van der Waals surface area (Å²) in [5.74, 6) is -3.36. The van der Waals surface area contributed by atoms with Crippen molar-refractivity contribution in [3.63, 3.8) is 0 Å². The van der Waals surface area contributed by atoms with E-state index in [4.69, 9.17) is 16.3 Å². The lowest BCUT2D eigenvalue weighted by molar-refractivity contribution is -0.384. The number of hydrogen-bond acceptors (Lipinski definition) is 7. The molecule has 12 heteroatoms. The molecule has 0 radical (unpaired) electrons. The highest BCUT2D eigenvalue weighted by molar-refractivity contribution is 6.31. The van der Waals surface area contributed by atoms with Crippen LogP contribution in [-0.2, 0) is 19.1 Å². The third kappa shape index (κ3) is 6.04. The summed E-state index contributed by atoms with van der Waals surface area (Å²) in [5.41, 5.74) is 3.55. The van der Waals surface area contributed by atoms with Gasteiger partial charge in [0, 0.05) is 34.8 Å². The number of anilines is 1. The highest BCUT2D eigenvalue weighted by Gasteiger charge is 2.36. The standard InChI is InChI=1S/C21H19ClN4O7/c1-12-2-5-15(22)9-17(12)23-18(27)11-33-21(30)14-8-19(28)25(10-14)24-20(29)13-3-6-16(7-4-13)26(31)32/h2-7,9,14H,8,10-11H2,1H3,(H,23,27)(H,24,29)/t14-/m0/s1. The molecule has 2 aromatic carbocycles. The molecule has 0 aromatic heterocycles. The molecule has 11 nitrogen and oxygen atoms in total. The van der Waals surface area contributed by atoms with E-state index in [1.807, 2.05) is 0 Å². The molecule has 1 aliphatic heterocycles. The zero-order chi connectivity index (χ0) is 24.1. The molecule has 2 N–H and O–H groups in total. The maximum atomic E-state index is 12.3. The highest BCUT2D eigenvalue weighted by atomic mass is 35.5. The van der Waals surface area contributed by atoms with E-state index in [1.54, 1.807) is 25.1 Å². The number of hydrogen-bond donors (Lipinski definition) is 2. The first-order valence-corrected chi connectivity index (χ1v) is 10.1. The van der Waals surface area contributed by atoms with Crippen LogP contribution in [0.2, 0.25) is 5.02 Å². The predicted octanol–water partition coefficient (Wildman–Crippen LogP) is 2.23. The molecule has 1 fully saturated rings. The van der Waals surface area contributed by atoms with Crippen molar-refractivity contribution in [1.82, 2.24) is 10.4 Å². The van der Waals surface area contributed by atoms with Crippen LogP contribution >= 0.6 is 11.6 Å². The molecule has 0 bridgehead atoms. The Labute approximate surface area is 192 Å². The van der Waals surface area contributed by atoms with Crippen LogP contribution in [0.5, 0.6) is 0 Å². The van der Waals surface area contributed by atoms with Gasteiger partial charge < -0.3 is 10.1 Å². The van der Waals surface area contributed by atoms with Gasteiger partial charge in [0.25, 0.3) is 17.5 Å². The lowest BCUT2D eigenvalue weighted by Gasteiger charge is -2.17. The normalized spacial score (nSPS) is 15.2. The van der Waals surface area contributed by atoms with Crippen LogP contribution in [-0.4, -0.2) is 46.8 Å². The van der Waals surface area contributed by atoms with Crippen molar-refractivity contribution in [2.75, 3.05) is 18.5 Å². The second-order valence-electron chi connectivity index (χ2n) is 7.27. The number of nitrogens with zero attached hydrogens (tertiary/aromatic N) is 2. The summed E-state index contributed by atoms with van der Waals surface area (Å²) in [6, 6.07) is 9.80. The summed E-state index contributed by atoms with van der Waals surface area (Å²) in [4.78, 5) is 58.9. The van der Waals surface area contributed by atoms with Gasteiger partial charge in [-0.15, -0.1) is 0 Å². The van der Waals surface area contributed by atoms with Gasteiger partial charge in [0.1, 0.15) is 0 Å². The molecule has 0 unspecified atom stereocenters. The molecule has 1 heterocycles. The summed E-state index contributed by atoms with van der Waals surface area (Å²) in [6.45, 7) is 1.09. The number of nitro benzene ring substituents is 1. The zero-order valence-corrected chi connectivity index (χ0v) is 18.1. The lowest BCUT2D eigenvalue weighted by atomic mass is 10.1. The number of nitro groups is 1. The van der Waals surface area contributed by atoms with E-state index in [0.29, 0.717) is 10.7 Å². The zero-order valence-electron chi connectivity index (χ0n) is 17.4. The fourth-order valence-electron chi connectivity index (χ4n) is 3.06. The molecule has 3 amide bonds. The summed E-state index contributed by atoms with van der Waals surface area (Å²) in [5, 5.41) is 14.7. The minimum absolute atomic E-state index is 0.104. The summed E-state index contributed by atoms with van der Waals surface area (Å²) < 4.78 is 5.01. The van der Waals surface area contributed by atoms with Gasteiger partial charge >= 0.3 is 5.97 Å². The third-order valence-electron chi connectivity index (χ3n) is 4.85. The Hall–Kier alpha value is -3.99. The number of amides is 3. The lowest BCUT2D eigenvalue weighted by Crippen LogP contribution is -2.43. The second-order valence-corrected chi connectivity index (χ2v) is 7.70. The number of rotatable bonds is 7. The number of hydrazine groups is 1. The number of benzene rings is 2. The first-order chi connectivity index (χ1) is 15.6. The first kappa shape index (κ1) is 23.7. The Balaban J connectivity index is 1.50. The number of halogens is 1. The van der Waals surface area contributed by atoms with E-state index in [0.717, 1.165) is 22.7 Å². The molecule has 0 aliphatic carbocycles. The number of carbonyl (C=O) groups excluding carboxylic acids is 4. The maximum absolute atomic E-state index is 12.3. The van der Waals surface area contributed by atoms with Crippen molar-refractivity contribution in [3.8, 4) is 0 Å². The van der Waals surface area contributed by atoms with Crippen molar-refractivity contribution >= 4 is 46.7 Å².